The molecular weight excluding hydrogens is 212 g/mol. The smallest absolute Gasteiger partial charge is 0.147 e. The molecule has 90 valence electrons. The van der Waals surface area contributed by atoms with Gasteiger partial charge in [-0.25, -0.2) is 4.98 Å². The van der Waals surface area contributed by atoms with Gasteiger partial charge in [0.05, 0.1) is 5.69 Å². The Kier molecular flexibility index (Phi) is 3.47. The molecule has 0 radical (unpaired) electrons. The zero-order valence-electron chi connectivity index (χ0n) is 10.6. The van der Waals surface area contributed by atoms with Crippen LogP contribution in [0.25, 0.3) is 0 Å². The molecule has 1 aromatic heterocycles. The van der Waals surface area contributed by atoms with Crippen LogP contribution in [0.2, 0.25) is 0 Å². The molecule has 0 amide bonds. The number of aromatic nitrogens is 2. The molecule has 0 bridgehead atoms. The van der Waals surface area contributed by atoms with Crippen molar-refractivity contribution in [2.45, 2.75) is 33.4 Å². The molecule has 0 aliphatic heterocycles. The predicted octanol–water partition coefficient (Wildman–Crippen LogP) is 3.35. The summed E-state index contributed by atoms with van der Waals surface area (Å²) >= 11 is 0. The van der Waals surface area contributed by atoms with Crippen molar-refractivity contribution in [3.8, 4) is 5.75 Å². The molecule has 2 aromatic rings. The van der Waals surface area contributed by atoms with Crippen LogP contribution < -0.4 is 4.74 Å². The van der Waals surface area contributed by atoms with Crippen molar-refractivity contribution in [2.75, 3.05) is 0 Å². The van der Waals surface area contributed by atoms with Crippen LogP contribution in [0.4, 0.5) is 0 Å². The third-order valence-corrected chi connectivity index (χ3v) is 2.60. The molecule has 3 heteroatoms. The first-order valence-corrected chi connectivity index (χ1v) is 5.89. The minimum Gasteiger partial charge on any atom is -0.486 e. The largest absolute Gasteiger partial charge is 0.486 e. The van der Waals surface area contributed by atoms with E-state index in [9.17, 15) is 0 Å². The lowest BCUT2D eigenvalue weighted by Crippen LogP contribution is -2.08. The van der Waals surface area contributed by atoms with E-state index < -0.39 is 0 Å². The average molecular weight is 230 g/mol. The van der Waals surface area contributed by atoms with E-state index in [-0.39, 0.29) is 0 Å². The number of nitrogens with zero attached hydrogens (tertiary/aromatic N) is 2. The van der Waals surface area contributed by atoms with Crippen LogP contribution in [0.1, 0.15) is 31.4 Å². The predicted molar refractivity (Wildman–Crippen MR) is 68.1 cm³/mol. The van der Waals surface area contributed by atoms with E-state index in [1.165, 1.54) is 0 Å². The number of imidazole rings is 1. The molecule has 0 saturated carbocycles. The fraction of sp³-hybridized carbons (Fsp3) is 0.357. The van der Waals surface area contributed by atoms with Crippen molar-refractivity contribution in [1.29, 1.82) is 0 Å². The number of hydrogen-bond donors (Lipinski definition) is 0. The Hall–Kier alpha value is -1.77. The first-order valence-electron chi connectivity index (χ1n) is 5.89. The van der Waals surface area contributed by atoms with Crippen molar-refractivity contribution < 1.29 is 4.74 Å². The van der Waals surface area contributed by atoms with Crippen molar-refractivity contribution in [2.24, 2.45) is 0 Å². The lowest BCUT2D eigenvalue weighted by molar-refractivity contribution is 0.286. The van der Waals surface area contributed by atoms with Crippen LogP contribution in [0.15, 0.2) is 36.5 Å². The van der Waals surface area contributed by atoms with Gasteiger partial charge in [-0.05, 0) is 32.9 Å². The van der Waals surface area contributed by atoms with Gasteiger partial charge < -0.3 is 9.30 Å². The normalized spacial score (nSPS) is 10.8. The maximum Gasteiger partial charge on any atom is 0.147 e. The van der Waals surface area contributed by atoms with Gasteiger partial charge in [0.1, 0.15) is 18.2 Å². The van der Waals surface area contributed by atoms with Crippen LogP contribution in [0, 0.1) is 6.92 Å². The highest BCUT2D eigenvalue weighted by atomic mass is 16.5. The van der Waals surface area contributed by atoms with E-state index >= 15 is 0 Å². The average Bonchev–Trinajstić information content (AvgIpc) is 2.69. The highest BCUT2D eigenvalue weighted by Gasteiger charge is 2.08. The molecule has 0 unspecified atom stereocenters. The molecule has 2 rings (SSSR count). The van der Waals surface area contributed by atoms with E-state index in [0.717, 1.165) is 17.3 Å². The Bertz CT molecular complexity index is 474. The number of benzene rings is 1. The fourth-order valence-electron chi connectivity index (χ4n) is 1.78. The molecule has 0 aliphatic rings. The first kappa shape index (κ1) is 11.7. The summed E-state index contributed by atoms with van der Waals surface area (Å²) in [7, 11) is 0. The maximum atomic E-state index is 5.71. The minimum absolute atomic E-state index is 0.408. The molecule has 3 nitrogen and oxygen atoms in total. The number of aryl methyl sites for hydroxylation is 1. The molecule has 1 aromatic carbocycles. The molecule has 0 saturated heterocycles. The maximum absolute atomic E-state index is 5.71. The van der Waals surface area contributed by atoms with Gasteiger partial charge in [0.15, 0.2) is 0 Å². The zero-order chi connectivity index (χ0) is 12.3. The summed E-state index contributed by atoms with van der Waals surface area (Å²) in [5.41, 5.74) is 1.03. The molecule has 0 atom stereocenters. The second kappa shape index (κ2) is 5.04. The van der Waals surface area contributed by atoms with Crippen LogP contribution in [-0.4, -0.2) is 9.55 Å². The second-order valence-corrected chi connectivity index (χ2v) is 4.40. The van der Waals surface area contributed by atoms with Crippen molar-refractivity contribution >= 4 is 0 Å². The monoisotopic (exact) mass is 230 g/mol. The highest BCUT2D eigenvalue weighted by molar-refractivity contribution is 5.21. The van der Waals surface area contributed by atoms with Gasteiger partial charge in [-0.2, -0.15) is 0 Å². The number of hydrogen-bond acceptors (Lipinski definition) is 2. The van der Waals surface area contributed by atoms with Gasteiger partial charge in [-0.15, -0.1) is 0 Å². The van der Waals surface area contributed by atoms with Crippen LogP contribution >= 0.6 is 0 Å². The van der Waals surface area contributed by atoms with Gasteiger partial charge in [0.25, 0.3) is 0 Å². The van der Waals surface area contributed by atoms with Crippen LogP contribution in [0.5, 0.6) is 5.75 Å². The molecule has 0 N–H and O–H groups in total. The first-order chi connectivity index (χ1) is 8.16. The molecule has 0 fully saturated rings. The Morgan fingerprint density at radius 3 is 2.59 bits per heavy atom. The summed E-state index contributed by atoms with van der Waals surface area (Å²) in [6.07, 6.45) is 2.06. The number of ether oxygens (including phenoxy) is 1. The van der Waals surface area contributed by atoms with Gasteiger partial charge in [-0.3, -0.25) is 0 Å². The van der Waals surface area contributed by atoms with E-state index in [1.54, 1.807) is 0 Å². The zero-order valence-corrected chi connectivity index (χ0v) is 10.6. The summed E-state index contributed by atoms with van der Waals surface area (Å²) < 4.78 is 7.86. The Balaban J connectivity index is 2.09. The summed E-state index contributed by atoms with van der Waals surface area (Å²) in [6.45, 7) is 6.81. The third-order valence-electron chi connectivity index (χ3n) is 2.60. The fourth-order valence-corrected chi connectivity index (χ4v) is 1.78. The minimum atomic E-state index is 0.408. The third kappa shape index (κ3) is 2.87. The van der Waals surface area contributed by atoms with Crippen molar-refractivity contribution in [3.63, 3.8) is 0 Å². The Morgan fingerprint density at radius 2 is 1.94 bits per heavy atom. The SMILES string of the molecule is Cc1cn(C(C)C)c(COc2ccccc2)n1. The summed E-state index contributed by atoms with van der Waals surface area (Å²) in [5.74, 6) is 1.85. The molecule has 0 aliphatic carbocycles. The lowest BCUT2D eigenvalue weighted by atomic mass is 10.3. The number of rotatable bonds is 4. The van der Waals surface area contributed by atoms with Gasteiger partial charge >= 0.3 is 0 Å². The number of para-hydroxylation sites is 1. The second-order valence-electron chi connectivity index (χ2n) is 4.40. The molecular formula is C14H18N2O. The quantitative estimate of drug-likeness (QED) is 0.805. The highest BCUT2D eigenvalue weighted by Crippen LogP contribution is 2.14. The van der Waals surface area contributed by atoms with Crippen molar-refractivity contribution in [3.05, 3.63) is 48.0 Å². The van der Waals surface area contributed by atoms with E-state index in [2.05, 4.69) is 29.6 Å². The van der Waals surface area contributed by atoms with Crippen molar-refractivity contribution in [1.82, 2.24) is 9.55 Å². The van der Waals surface area contributed by atoms with E-state index in [0.29, 0.717) is 12.6 Å². The summed E-state index contributed by atoms with van der Waals surface area (Å²) in [4.78, 5) is 4.48. The Morgan fingerprint density at radius 1 is 1.24 bits per heavy atom. The van der Waals surface area contributed by atoms with Gasteiger partial charge in [0, 0.05) is 12.2 Å². The summed E-state index contributed by atoms with van der Waals surface area (Å²) in [5, 5.41) is 0. The molecule has 1 heterocycles. The van der Waals surface area contributed by atoms with Gasteiger partial charge in [-0.1, -0.05) is 18.2 Å². The van der Waals surface area contributed by atoms with Gasteiger partial charge in [0.2, 0.25) is 0 Å². The standard InChI is InChI=1S/C14H18N2O/c1-11(2)16-9-12(3)15-14(16)10-17-13-7-5-4-6-8-13/h4-9,11H,10H2,1-3H3. The van der Waals surface area contributed by atoms with Crippen LogP contribution in [-0.2, 0) is 6.61 Å². The Labute approximate surface area is 102 Å². The van der Waals surface area contributed by atoms with Crippen LogP contribution in [0.3, 0.4) is 0 Å². The van der Waals surface area contributed by atoms with E-state index in [4.69, 9.17) is 4.74 Å². The molecule has 17 heavy (non-hydrogen) atoms. The molecule has 0 spiro atoms. The topological polar surface area (TPSA) is 27.1 Å². The van der Waals surface area contributed by atoms with E-state index in [1.807, 2.05) is 37.3 Å². The summed E-state index contributed by atoms with van der Waals surface area (Å²) in [6, 6.07) is 10.2. The lowest BCUT2D eigenvalue weighted by Gasteiger charge is -2.12.